The fourth-order valence-electron chi connectivity index (χ4n) is 2.17. The number of H-pyrrole nitrogens is 2. The van der Waals surface area contributed by atoms with E-state index in [1.165, 1.54) is 0 Å². The number of aryl methyl sites for hydroxylation is 2. The molecule has 3 aromatic rings. The Balaban J connectivity index is 1.73. The number of nitrogens with one attached hydrogen (secondary N) is 3. The molecule has 5 N–H and O–H groups in total. The Hall–Kier alpha value is -2.93. The van der Waals surface area contributed by atoms with E-state index in [2.05, 4.69) is 25.5 Å². The van der Waals surface area contributed by atoms with E-state index in [9.17, 15) is 4.79 Å². The quantitative estimate of drug-likeness (QED) is 0.591. The van der Waals surface area contributed by atoms with Gasteiger partial charge in [-0.05, 0) is 44.2 Å². The molecule has 3 rings (SSSR count). The van der Waals surface area contributed by atoms with Crippen LogP contribution in [-0.4, -0.2) is 26.1 Å². The number of aromatic nitrogens is 4. The van der Waals surface area contributed by atoms with E-state index in [1.807, 2.05) is 38.1 Å². The van der Waals surface area contributed by atoms with Gasteiger partial charge in [0.25, 0.3) is 5.91 Å². The minimum Gasteiger partial charge on any atom is -0.342 e. The summed E-state index contributed by atoms with van der Waals surface area (Å²) < 4.78 is 0. The minimum atomic E-state index is -0.279. The lowest BCUT2D eigenvalue weighted by atomic mass is 10.2. The number of rotatable bonds is 4. The van der Waals surface area contributed by atoms with E-state index in [0.717, 1.165) is 22.8 Å². The van der Waals surface area contributed by atoms with Crippen LogP contribution in [0.5, 0.6) is 0 Å². The summed E-state index contributed by atoms with van der Waals surface area (Å²) in [7, 11) is 0. The van der Waals surface area contributed by atoms with Gasteiger partial charge >= 0.3 is 0 Å². The third-order valence-corrected chi connectivity index (χ3v) is 3.63. The lowest BCUT2D eigenvalue weighted by molar-refractivity contribution is 0.102. The number of nitrogens with zero attached hydrogens (tertiary/aromatic N) is 2. The molecule has 0 spiro atoms. The Morgan fingerprint density at radius 2 is 2.00 bits per heavy atom. The fraction of sp³-hybridized carbons (Fsp3) is 0.188. The molecule has 23 heavy (non-hydrogen) atoms. The number of hydrogen-bond donors (Lipinski definition) is 4. The Morgan fingerprint density at radius 1 is 1.26 bits per heavy atom. The number of aromatic amines is 2. The molecule has 0 radical (unpaired) electrons. The van der Waals surface area contributed by atoms with Gasteiger partial charge in [-0.15, -0.1) is 0 Å². The molecule has 0 atom stereocenters. The number of carbonyl (C=O) groups excluding carboxylic acids is 1. The molecule has 2 heterocycles. The zero-order chi connectivity index (χ0) is 16.4. The Kier molecular flexibility index (Phi) is 3.94. The minimum absolute atomic E-state index is 0.279. The maximum absolute atomic E-state index is 12.1. The lowest BCUT2D eigenvalue weighted by Gasteiger charge is -2.04. The molecule has 0 aliphatic heterocycles. The molecule has 1 amide bonds. The summed E-state index contributed by atoms with van der Waals surface area (Å²) in [6.45, 7) is 4.26. The molecule has 7 nitrogen and oxygen atoms in total. The molecular weight excluding hydrogens is 292 g/mol. The first-order chi connectivity index (χ1) is 11.1. The molecule has 2 aromatic heterocycles. The maximum Gasteiger partial charge on any atom is 0.276 e. The highest BCUT2D eigenvalue weighted by Crippen LogP contribution is 2.20. The van der Waals surface area contributed by atoms with Crippen molar-refractivity contribution in [1.29, 1.82) is 0 Å². The number of amides is 1. The van der Waals surface area contributed by atoms with Crippen molar-refractivity contribution in [3.05, 3.63) is 53.1 Å². The zero-order valence-electron chi connectivity index (χ0n) is 13.0. The molecule has 118 valence electrons. The molecule has 0 bridgehead atoms. The third kappa shape index (κ3) is 3.14. The van der Waals surface area contributed by atoms with Gasteiger partial charge in [-0.3, -0.25) is 9.89 Å². The average molecular weight is 310 g/mol. The van der Waals surface area contributed by atoms with Crippen LogP contribution in [0, 0.1) is 13.8 Å². The van der Waals surface area contributed by atoms with Crippen molar-refractivity contribution < 1.29 is 4.79 Å². The van der Waals surface area contributed by atoms with E-state index in [-0.39, 0.29) is 5.91 Å². The van der Waals surface area contributed by atoms with Gasteiger partial charge in [0.15, 0.2) is 5.69 Å². The van der Waals surface area contributed by atoms with Gasteiger partial charge in [0.1, 0.15) is 5.82 Å². The molecular formula is C16H18N6O. The van der Waals surface area contributed by atoms with Gasteiger partial charge in [0.05, 0.1) is 5.69 Å². The lowest BCUT2D eigenvalue weighted by Crippen LogP contribution is -2.12. The van der Waals surface area contributed by atoms with Crippen molar-refractivity contribution in [2.75, 3.05) is 5.32 Å². The fourth-order valence-corrected chi connectivity index (χ4v) is 2.17. The summed E-state index contributed by atoms with van der Waals surface area (Å²) >= 11 is 0. The molecule has 0 saturated carbocycles. The summed E-state index contributed by atoms with van der Waals surface area (Å²) in [5.74, 6) is 0.538. The van der Waals surface area contributed by atoms with Crippen LogP contribution in [0.1, 0.15) is 27.6 Å². The van der Waals surface area contributed by atoms with Crippen LogP contribution in [0.4, 0.5) is 5.69 Å². The van der Waals surface area contributed by atoms with E-state index in [0.29, 0.717) is 23.6 Å². The Labute approximate surface area is 133 Å². The molecule has 0 fully saturated rings. The second-order valence-corrected chi connectivity index (χ2v) is 5.31. The van der Waals surface area contributed by atoms with Gasteiger partial charge in [-0.1, -0.05) is 0 Å². The van der Waals surface area contributed by atoms with Gasteiger partial charge in [-0.2, -0.15) is 5.10 Å². The normalized spacial score (nSPS) is 10.7. The van der Waals surface area contributed by atoms with Gasteiger partial charge in [0.2, 0.25) is 0 Å². The molecule has 1 aromatic carbocycles. The standard InChI is InChI=1S/C16H18N6O/c1-9-10(2)19-15(18-9)11-3-5-12(6-4-11)20-16(23)14-7-13(8-17)21-22-14/h3-7H,8,17H2,1-2H3,(H,18,19)(H,20,23)(H,21,22). The highest BCUT2D eigenvalue weighted by atomic mass is 16.1. The number of benzene rings is 1. The average Bonchev–Trinajstić information content (AvgIpc) is 3.15. The van der Waals surface area contributed by atoms with E-state index >= 15 is 0 Å². The first kappa shape index (κ1) is 15.0. The summed E-state index contributed by atoms with van der Waals surface area (Å²) in [5, 5.41) is 9.44. The number of nitrogens with two attached hydrogens (primary N) is 1. The van der Waals surface area contributed by atoms with Gasteiger partial charge in [0, 0.05) is 29.2 Å². The number of imidazole rings is 1. The highest BCUT2D eigenvalue weighted by molar-refractivity contribution is 6.02. The number of anilines is 1. The summed E-state index contributed by atoms with van der Waals surface area (Å²) in [5.41, 5.74) is 10.2. The molecule has 0 aliphatic carbocycles. The van der Waals surface area contributed by atoms with Crippen molar-refractivity contribution >= 4 is 11.6 Å². The zero-order valence-corrected chi connectivity index (χ0v) is 13.0. The Bertz CT molecular complexity index is 811. The largest absolute Gasteiger partial charge is 0.342 e. The summed E-state index contributed by atoms with van der Waals surface area (Å²) in [6, 6.07) is 9.11. The van der Waals surface area contributed by atoms with Gasteiger partial charge in [-0.25, -0.2) is 4.98 Å². The van der Waals surface area contributed by atoms with Crippen LogP contribution in [0.2, 0.25) is 0 Å². The molecule has 7 heteroatoms. The molecule has 0 saturated heterocycles. The maximum atomic E-state index is 12.1. The SMILES string of the molecule is Cc1nc(-c2ccc(NC(=O)c3cc(CN)[nH]n3)cc2)[nH]c1C. The topological polar surface area (TPSA) is 112 Å². The summed E-state index contributed by atoms with van der Waals surface area (Å²) in [6.07, 6.45) is 0. The summed E-state index contributed by atoms with van der Waals surface area (Å²) in [4.78, 5) is 19.8. The van der Waals surface area contributed by atoms with Crippen molar-refractivity contribution in [3.8, 4) is 11.4 Å². The molecule has 0 aliphatic rings. The van der Waals surface area contributed by atoms with Crippen molar-refractivity contribution in [2.24, 2.45) is 5.73 Å². The first-order valence-corrected chi connectivity index (χ1v) is 7.26. The smallest absolute Gasteiger partial charge is 0.276 e. The predicted octanol–water partition coefficient (Wildman–Crippen LogP) is 2.13. The van der Waals surface area contributed by atoms with Crippen molar-refractivity contribution in [2.45, 2.75) is 20.4 Å². The van der Waals surface area contributed by atoms with Crippen LogP contribution in [0.25, 0.3) is 11.4 Å². The van der Waals surface area contributed by atoms with Crippen LogP contribution in [0.15, 0.2) is 30.3 Å². The van der Waals surface area contributed by atoms with Gasteiger partial charge < -0.3 is 16.0 Å². The number of hydrogen-bond acceptors (Lipinski definition) is 4. The molecule has 0 unspecified atom stereocenters. The van der Waals surface area contributed by atoms with Crippen LogP contribution in [-0.2, 0) is 6.54 Å². The Morgan fingerprint density at radius 3 is 2.57 bits per heavy atom. The highest BCUT2D eigenvalue weighted by Gasteiger charge is 2.11. The second kappa shape index (κ2) is 6.05. The van der Waals surface area contributed by atoms with Crippen LogP contribution < -0.4 is 11.1 Å². The second-order valence-electron chi connectivity index (χ2n) is 5.31. The van der Waals surface area contributed by atoms with Crippen LogP contribution in [0.3, 0.4) is 0 Å². The van der Waals surface area contributed by atoms with E-state index in [1.54, 1.807) is 6.07 Å². The van der Waals surface area contributed by atoms with Crippen molar-refractivity contribution in [1.82, 2.24) is 20.2 Å². The number of carbonyl (C=O) groups is 1. The van der Waals surface area contributed by atoms with E-state index in [4.69, 9.17) is 5.73 Å². The van der Waals surface area contributed by atoms with Crippen molar-refractivity contribution in [3.63, 3.8) is 0 Å². The third-order valence-electron chi connectivity index (χ3n) is 3.63. The van der Waals surface area contributed by atoms with Crippen LogP contribution >= 0.6 is 0 Å². The first-order valence-electron chi connectivity index (χ1n) is 7.26. The predicted molar refractivity (Wildman–Crippen MR) is 87.9 cm³/mol. The van der Waals surface area contributed by atoms with E-state index < -0.39 is 0 Å². The monoisotopic (exact) mass is 310 g/mol.